The Bertz CT molecular complexity index is 897. The van der Waals surface area contributed by atoms with Gasteiger partial charge in [0.25, 0.3) is 5.69 Å². The minimum Gasteiger partial charge on any atom is -0.371 e. The van der Waals surface area contributed by atoms with Crippen molar-refractivity contribution in [2.24, 2.45) is 5.92 Å². The van der Waals surface area contributed by atoms with Gasteiger partial charge in [-0.1, -0.05) is 23.8 Å². The standard InChI is InChI=1S/C18H21N3O4S/c1-14-5-7-16(8-6-14)20-10-9-15(13-20)12-19-26(24,25)18-4-2-3-17(11-18)21(22)23/h2-8,11,15,19H,9-10,12-13H2,1H3. The van der Waals surface area contributed by atoms with Crippen LogP contribution in [0.4, 0.5) is 11.4 Å². The van der Waals surface area contributed by atoms with Gasteiger partial charge in [0.1, 0.15) is 0 Å². The molecule has 2 aromatic rings. The Morgan fingerprint density at radius 2 is 1.96 bits per heavy atom. The van der Waals surface area contributed by atoms with Crippen LogP contribution in [0.5, 0.6) is 0 Å². The lowest BCUT2D eigenvalue weighted by molar-refractivity contribution is -0.385. The molecular formula is C18H21N3O4S. The Morgan fingerprint density at radius 1 is 1.23 bits per heavy atom. The Labute approximate surface area is 152 Å². The molecule has 1 heterocycles. The molecule has 8 heteroatoms. The van der Waals surface area contributed by atoms with E-state index in [2.05, 4.69) is 33.9 Å². The number of benzene rings is 2. The highest BCUT2D eigenvalue weighted by molar-refractivity contribution is 7.89. The van der Waals surface area contributed by atoms with E-state index in [0.29, 0.717) is 6.54 Å². The summed E-state index contributed by atoms with van der Waals surface area (Å²) in [6, 6.07) is 13.4. The fourth-order valence-corrected chi connectivity index (χ4v) is 4.22. The molecule has 3 rings (SSSR count). The van der Waals surface area contributed by atoms with Crippen molar-refractivity contribution in [3.63, 3.8) is 0 Å². The van der Waals surface area contributed by atoms with Gasteiger partial charge in [-0.2, -0.15) is 0 Å². The zero-order valence-corrected chi connectivity index (χ0v) is 15.3. The molecule has 1 fully saturated rings. The van der Waals surface area contributed by atoms with Gasteiger partial charge in [-0.05, 0) is 37.5 Å². The number of hydrogen-bond donors (Lipinski definition) is 1. The van der Waals surface area contributed by atoms with Gasteiger partial charge in [0.2, 0.25) is 10.0 Å². The smallest absolute Gasteiger partial charge is 0.270 e. The van der Waals surface area contributed by atoms with Crippen LogP contribution in [0.25, 0.3) is 0 Å². The summed E-state index contributed by atoms with van der Waals surface area (Å²) < 4.78 is 27.4. The fourth-order valence-electron chi connectivity index (χ4n) is 3.06. The van der Waals surface area contributed by atoms with Crippen molar-refractivity contribution in [2.75, 3.05) is 24.5 Å². The Balaban J connectivity index is 1.61. The van der Waals surface area contributed by atoms with Gasteiger partial charge < -0.3 is 4.90 Å². The maximum absolute atomic E-state index is 12.4. The first-order chi connectivity index (χ1) is 12.3. The zero-order chi connectivity index (χ0) is 18.7. The molecule has 0 saturated carbocycles. The van der Waals surface area contributed by atoms with Crippen LogP contribution >= 0.6 is 0 Å². The molecule has 1 atom stereocenters. The number of anilines is 1. The minimum absolute atomic E-state index is 0.0833. The summed E-state index contributed by atoms with van der Waals surface area (Å²) in [5.41, 5.74) is 2.10. The molecule has 1 N–H and O–H groups in total. The van der Waals surface area contributed by atoms with Crippen LogP contribution in [0.15, 0.2) is 53.4 Å². The lowest BCUT2D eigenvalue weighted by Gasteiger charge is -2.19. The number of rotatable bonds is 6. The quantitative estimate of drug-likeness (QED) is 0.619. The number of sulfonamides is 1. The molecule has 7 nitrogen and oxygen atoms in total. The van der Waals surface area contributed by atoms with E-state index in [1.54, 1.807) is 0 Å². The second kappa shape index (κ2) is 7.43. The highest BCUT2D eigenvalue weighted by atomic mass is 32.2. The summed E-state index contributed by atoms with van der Waals surface area (Å²) in [4.78, 5) is 12.4. The fraction of sp³-hybridized carbons (Fsp3) is 0.333. The molecule has 0 radical (unpaired) electrons. The van der Waals surface area contributed by atoms with Crippen molar-refractivity contribution in [3.05, 3.63) is 64.2 Å². The third-order valence-corrected chi connectivity index (χ3v) is 6.01. The lowest BCUT2D eigenvalue weighted by Crippen LogP contribution is -2.31. The van der Waals surface area contributed by atoms with E-state index in [1.807, 2.05) is 6.92 Å². The van der Waals surface area contributed by atoms with Crippen molar-refractivity contribution in [1.29, 1.82) is 0 Å². The molecule has 0 aromatic heterocycles. The van der Waals surface area contributed by atoms with E-state index in [1.165, 1.54) is 23.8 Å². The van der Waals surface area contributed by atoms with Crippen molar-refractivity contribution < 1.29 is 13.3 Å². The van der Waals surface area contributed by atoms with Crippen LogP contribution in [0, 0.1) is 23.0 Å². The van der Waals surface area contributed by atoms with Crippen molar-refractivity contribution in [2.45, 2.75) is 18.2 Å². The van der Waals surface area contributed by atoms with E-state index < -0.39 is 14.9 Å². The number of aryl methyl sites for hydroxylation is 1. The summed E-state index contributed by atoms with van der Waals surface area (Å²) in [6.07, 6.45) is 0.894. The average Bonchev–Trinajstić information content (AvgIpc) is 3.10. The third-order valence-electron chi connectivity index (χ3n) is 4.59. The maximum Gasteiger partial charge on any atom is 0.270 e. The van der Waals surface area contributed by atoms with Gasteiger partial charge in [0.15, 0.2) is 0 Å². The van der Waals surface area contributed by atoms with Gasteiger partial charge in [-0.25, -0.2) is 13.1 Å². The molecule has 1 aliphatic rings. The monoisotopic (exact) mass is 375 g/mol. The SMILES string of the molecule is Cc1ccc(N2CCC(CNS(=O)(=O)c3cccc([N+](=O)[O-])c3)C2)cc1. The maximum atomic E-state index is 12.4. The number of hydrogen-bond acceptors (Lipinski definition) is 5. The average molecular weight is 375 g/mol. The number of nitrogens with one attached hydrogen (secondary N) is 1. The second-order valence-electron chi connectivity index (χ2n) is 6.54. The molecule has 2 aromatic carbocycles. The van der Waals surface area contributed by atoms with E-state index in [-0.39, 0.29) is 16.5 Å². The topological polar surface area (TPSA) is 92.6 Å². The Kier molecular flexibility index (Phi) is 5.24. The summed E-state index contributed by atoms with van der Waals surface area (Å²) >= 11 is 0. The predicted octanol–water partition coefficient (Wildman–Crippen LogP) is 2.71. The van der Waals surface area contributed by atoms with Gasteiger partial charge in [-0.15, -0.1) is 0 Å². The summed E-state index contributed by atoms with van der Waals surface area (Å²) in [6.45, 7) is 4.01. The van der Waals surface area contributed by atoms with Gasteiger partial charge in [0.05, 0.1) is 9.82 Å². The van der Waals surface area contributed by atoms with Gasteiger partial charge >= 0.3 is 0 Å². The van der Waals surface area contributed by atoms with Crippen LogP contribution in [0.2, 0.25) is 0 Å². The number of nitro groups is 1. The highest BCUT2D eigenvalue weighted by Crippen LogP contribution is 2.24. The normalized spacial score (nSPS) is 17.4. The first-order valence-corrected chi connectivity index (χ1v) is 9.89. The first kappa shape index (κ1) is 18.3. The minimum atomic E-state index is -3.76. The van der Waals surface area contributed by atoms with E-state index >= 15 is 0 Å². The van der Waals surface area contributed by atoms with Gasteiger partial charge in [0, 0.05) is 37.5 Å². The second-order valence-corrected chi connectivity index (χ2v) is 8.31. The Hall–Kier alpha value is -2.45. The third kappa shape index (κ3) is 4.20. The lowest BCUT2D eigenvalue weighted by atomic mass is 10.1. The summed E-state index contributed by atoms with van der Waals surface area (Å²) in [7, 11) is -3.76. The highest BCUT2D eigenvalue weighted by Gasteiger charge is 2.25. The number of nitro benzene ring substituents is 1. The summed E-state index contributed by atoms with van der Waals surface area (Å²) in [5, 5.41) is 10.8. The molecule has 0 bridgehead atoms. The predicted molar refractivity (Wildman–Crippen MR) is 99.8 cm³/mol. The Morgan fingerprint density at radius 3 is 2.65 bits per heavy atom. The van der Waals surface area contributed by atoms with Crippen molar-refractivity contribution in [1.82, 2.24) is 4.72 Å². The molecule has 138 valence electrons. The van der Waals surface area contributed by atoms with E-state index in [4.69, 9.17) is 0 Å². The first-order valence-electron chi connectivity index (χ1n) is 8.41. The van der Waals surface area contributed by atoms with Crippen molar-refractivity contribution in [3.8, 4) is 0 Å². The van der Waals surface area contributed by atoms with E-state index in [0.717, 1.165) is 31.3 Å². The van der Waals surface area contributed by atoms with Crippen LogP contribution in [-0.2, 0) is 10.0 Å². The molecule has 1 saturated heterocycles. The van der Waals surface area contributed by atoms with E-state index in [9.17, 15) is 18.5 Å². The van der Waals surface area contributed by atoms with Crippen LogP contribution in [-0.4, -0.2) is 33.0 Å². The van der Waals surface area contributed by atoms with Crippen molar-refractivity contribution >= 4 is 21.4 Å². The summed E-state index contributed by atoms with van der Waals surface area (Å²) in [5.74, 6) is 0.199. The van der Waals surface area contributed by atoms with Gasteiger partial charge in [-0.3, -0.25) is 10.1 Å². The molecule has 0 spiro atoms. The molecule has 26 heavy (non-hydrogen) atoms. The molecule has 0 aliphatic carbocycles. The largest absolute Gasteiger partial charge is 0.371 e. The molecular weight excluding hydrogens is 354 g/mol. The molecule has 1 aliphatic heterocycles. The number of non-ortho nitro benzene ring substituents is 1. The number of nitrogens with zero attached hydrogens (tertiary/aromatic N) is 2. The van der Waals surface area contributed by atoms with Crippen LogP contribution < -0.4 is 9.62 Å². The molecule has 0 amide bonds. The molecule has 1 unspecified atom stereocenters. The zero-order valence-electron chi connectivity index (χ0n) is 14.5. The van der Waals surface area contributed by atoms with Crippen LogP contribution in [0.3, 0.4) is 0 Å². The van der Waals surface area contributed by atoms with Crippen LogP contribution in [0.1, 0.15) is 12.0 Å².